The number of carbonyl (C=O) groups is 2. The summed E-state index contributed by atoms with van der Waals surface area (Å²) in [6, 6.07) is 7.99. The zero-order valence-electron chi connectivity index (χ0n) is 19.8. The fourth-order valence-electron chi connectivity index (χ4n) is 4.64. The minimum Gasteiger partial charge on any atom is -0.497 e. The van der Waals surface area contributed by atoms with Gasteiger partial charge in [-0.05, 0) is 49.6 Å². The predicted molar refractivity (Wildman–Crippen MR) is 137 cm³/mol. The number of piperidine rings is 1. The molecule has 0 radical (unpaired) electrons. The van der Waals surface area contributed by atoms with Crippen molar-refractivity contribution < 1.29 is 23.8 Å². The SMILES string of the molecule is COc1ccc2ncc(Cl)c(C(=O)CC[C@H]3CCN(CCSc4cc(F)ccn4)C[C@H]3C(=O)O)c2c1. The number of pyridine rings is 2. The summed E-state index contributed by atoms with van der Waals surface area (Å²) < 4.78 is 18.6. The summed E-state index contributed by atoms with van der Waals surface area (Å²) in [6.07, 6.45) is 4.26. The van der Waals surface area contributed by atoms with E-state index in [1.165, 1.54) is 36.3 Å². The molecule has 1 fully saturated rings. The van der Waals surface area contributed by atoms with Crippen molar-refractivity contribution in [1.29, 1.82) is 0 Å². The summed E-state index contributed by atoms with van der Waals surface area (Å²) in [4.78, 5) is 35.8. The van der Waals surface area contributed by atoms with Crippen LogP contribution >= 0.6 is 23.4 Å². The number of ketones is 1. The van der Waals surface area contributed by atoms with E-state index >= 15 is 0 Å². The van der Waals surface area contributed by atoms with E-state index in [1.54, 1.807) is 25.3 Å². The minimum absolute atomic E-state index is 0.110. The zero-order valence-corrected chi connectivity index (χ0v) is 21.4. The van der Waals surface area contributed by atoms with Gasteiger partial charge in [-0.2, -0.15) is 0 Å². The van der Waals surface area contributed by atoms with Crippen LogP contribution in [0.4, 0.5) is 4.39 Å². The van der Waals surface area contributed by atoms with Crippen molar-refractivity contribution in [3.8, 4) is 5.75 Å². The van der Waals surface area contributed by atoms with Crippen molar-refractivity contribution >= 4 is 46.0 Å². The van der Waals surface area contributed by atoms with Crippen LogP contribution in [-0.4, -0.2) is 64.2 Å². The number of likely N-dealkylation sites (tertiary alicyclic amines) is 1. The Kier molecular flexibility index (Phi) is 8.77. The molecule has 0 saturated carbocycles. The van der Waals surface area contributed by atoms with Gasteiger partial charge >= 0.3 is 5.97 Å². The third-order valence-electron chi connectivity index (χ3n) is 6.56. The second-order valence-electron chi connectivity index (χ2n) is 8.78. The van der Waals surface area contributed by atoms with E-state index in [0.29, 0.717) is 58.9 Å². The van der Waals surface area contributed by atoms with Crippen molar-refractivity contribution in [2.45, 2.75) is 24.3 Å². The van der Waals surface area contributed by atoms with Crippen LogP contribution in [0.5, 0.6) is 5.75 Å². The van der Waals surface area contributed by atoms with Crippen LogP contribution in [0.25, 0.3) is 10.9 Å². The number of carboxylic acids is 1. The van der Waals surface area contributed by atoms with E-state index in [9.17, 15) is 19.1 Å². The first kappa shape index (κ1) is 26.3. The number of thioether (sulfide) groups is 1. The molecule has 36 heavy (non-hydrogen) atoms. The fraction of sp³-hybridized carbons (Fsp3) is 0.385. The quantitative estimate of drug-likeness (QED) is 0.281. The topological polar surface area (TPSA) is 92.6 Å². The monoisotopic (exact) mass is 531 g/mol. The molecule has 1 aliphatic heterocycles. The predicted octanol–water partition coefficient (Wildman–Crippen LogP) is 5.21. The number of aromatic nitrogens is 2. The van der Waals surface area contributed by atoms with Gasteiger partial charge in [-0.25, -0.2) is 9.37 Å². The summed E-state index contributed by atoms with van der Waals surface area (Å²) in [5, 5.41) is 11.4. The van der Waals surface area contributed by atoms with Gasteiger partial charge in [-0.15, -0.1) is 11.8 Å². The lowest BCUT2D eigenvalue weighted by Gasteiger charge is -2.36. The highest BCUT2D eigenvalue weighted by Crippen LogP contribution is 2.32. The van der Waals surface area contributed by atoms with Crippen LogP contribution in [0.3, 0.4) is 0 Å². The molecule has 1 saturated heterocycles. The summed E-state index contributed by atoms with van der Waals surface area (Å²) >= 11 is 7.81. The number of carbonyl (C=O) groups excluding carboxylic acids is 1. The zero-order chi connectivity index (χ0) is 25.7. The molecular weight excluding hydrogens is 505 g/mol. The van der Waals surface area contributed by atoms with Crippen molar-refractivity contribution in [3.05, 3.63) is 59.1 Å². The Balaban J connectivity index is 1.36. The van der Waals surface area contributed by atoms with Crippen LogP contribution in [0, 0.1) is 17.7 Å². The Morgan fingerprint density at radius 1 is 1.28 bits per heavy atom. The molecule has 7 nitrogen and oxygen atoms in total. The average Bonchev–Trinajstić information content (AvgIpc) is 2.87. The van der Waals surface area contributed by atoms with E-state index in [4.69, 9.17) is 16.3 Å². The summed E-state index contributed by atoms with van der Waals surface area (Å²) in [5.74, 6) is -0.697. The van der Waals surface area contributed by atoms with E-state index in [0.717, 1.165) is 6.54 Å². The molecule has 1 aromatic carbocycles. The lowest BCUT2D eigenvalue weighted by atomic mass is 9.81. The second kappa shape index (κ2) is 12.0. The Morgan fingerprint density at radius 2 is 2.11 bits per heavy atom. The molecule has 0 aliphatic carbocycles. The van der Waals surface area contributed by atoms with Gasteiger partial charge < -0.3 is 14.7 Å². The molecule has 0 amide bonds. The molecule has 0 bridgehead atoms. The van der Waals surface area contributed by atoms with Gasteiger partial charge in [0.2, 0.25) is 0 Å². The maximum absolute atomic E-state index is 13.3. The highest BCUT2D eigenvalue weighted by Gasteiger charge is 2.34. The van der Waals surface area contributed by atoms with Crippen molar-refractivity contribution in [2.24, 2.45) is 11.8 Å². The number of carboxylic acid groups (broad SMARTS) is 1. The molecule has 2 aromatic heterocycles. The minimum atomic E-state index is -0.853. The maximum Gasteiger partial charge on any atom is 0.308 e. The molecule has 4 rings (SSSR count). The molecule has 0 spiro atoms. The third kappa shape index (κ3) is 6.32. The lowest BCUT2D eigenvalue weighted by Crippen LogP contribution is -2.44. The van der Waals surface area contributed by atoms with E-state index in [2.05, 4.69) is 14.9 Å². The number of rotatable bonds is 10. The van der Waals surface area contributed by atoms with Gasteiger partial charge in [0.25, 0.3) is 0 Å². The Bertz CT molecular complexity index is 1260. The van der Waals surface area contributed by atoms with E-state index < -0.39 is 11.9 Å². The number of hydrogen-bond acceptors (Lipinski definition) is 7. The van der Waals surface area contributed by atoms with Crippen LogP contribution < -0.4 is 4.74 Å². The number of hydrogen-bond donors (Lipinski definition) is 1. The number of methoxy groups -OCH3 is 1. The number of aliphatic carboxylic acids is 1. The molecule has 1 aliphatic rings. The van der Waals surface area contributed by atoms with Gasteiger partial charge in [-0.3, -0.25) is 14.6 Å². The van der Waals surface area contributed by atoms with Crippen LogP contribution in [0.2, 0.25) is 5.02 Å². The Morgan fingerprint density at radius 3 is 2.86 bits per heavy atom. The second-order valence-corrected chi connectivity index (χ2v) is 10.3. The van der Waals surface area contributed by atoms with Gasteiger partial charge in [0.15, 0.2) is 5.78 Å². The van der Waals surface area contributed by atoms with E-state index in [1.807, 2.05) is 0 Å². The standard InChI is InChI=1S/C26H27ClFN3O4S/c1-35-18-3-4-22-19(13-18)25(21(27)14-30-22)23(32)5-2-16-7-9-31(15-20(16)26(33)34)10-11-36-24-12-17(28)6-8-29-24/h3-4,6,8,12-14,16,20H,2,5,7,9-11,15H2,1H3,(H,33,34)/t16-,20+/m0/s1. The first-order valence-corrected chi connectivity index (χ1v) is 13.1. The van der Waals surface area contributed by atoms with Gasteiger partial charge in [0.1, 0.15) is 11.6 Å². The molecule has 10 heteroatoms. The van der Waals surface area contributed by atoms with Crippen molar-refractivity contribution in [2.75, 3.05) is 32.5 Å². The highest BCUT2D eigenvalue weighted by molar-refractivity contribution is 7.99. The van der Waals surface area contributed by atoms with Gasteiger partial charge in [0, 0.05) is 54.7 Å². The van der Waals surface area contributed by atoms with Crippen LogP contribution in [0.1, 0.15) is 29.6 Å². The average molecular weight is 532 g/mol. The lowest BCUT2D eigenvalue weighted by molar-refractivity contribution is -0.146. The summed E-state index contributed by atoms with van der Waals surface area (Å²) in [7, 11) is 1.55. The molecule has 2 atom stereocenters. The van der Waals surface area contributed by atoms with E-state index in [-0.39, 0.29) is 29.0 Å². The molecule has 1 N–H and O–H groups in total. The fourth-order valence-corrected chi connectivity index (χ4v) is 5.79. The molecule has 190 valence electrons. The van der Waals surface area contributed by atoms with Crippen molar-refractivity contribution in [1.82, 2.24) is 14.9 Å². The molecule has 3 heterocycles. The molecular formula is C26H27ClFN3O4S. The largest absolute Gasteiger partial charge is 0.497 e. The Hall–Kier alpha value is -2.75. The molecule has 0 unspecified atom stereocenters. The maximum atomic E-state index is 13.3. The number of halogens is 2. The van der Waals surface area contributed by atoms with Gasteiger partial charge in [0.05, 0.1) is 28.6 Å². The first-order valence-electron chi connectivity index (χ1n) is 11.7. The number of benzene rings is 1. The van der Waals surface area contributed by atoms with Gasteiger partial charge in [-0.1, -0.05) is 11.6 Å². The summed E-state index contributed by atoms with van der Waals surface area (Å²) in [5.41, 5.74) is 1.04. The Labute approximate surface area is 218 Å². The first-order chi connectivity index (χ1) is 17.4. The smallest absolute Gasteiger partial charge is 0.308 e. The van der Waals surface area contributed by atoms with Crippen LogP contribution in [0.15, 0.2) is 47.8 Å². The number of ether oxygens (including phenoxy) is 1. The third-order valence-corrected chi connectivity index (χ3v) is 7.75. The number of nitrogens with zero attached hydrogens (tertiary/aromatic N) is 3. The number of Topliss-reactive ketones (excluding diaryl/α,β-unsaturated/α-hetero) is 1. The summed E-state index contributed by atoms with van der Waals surface area (Å²) in [6.45, 7) is 1.84. The van der Waals surface area contributed by atoms with Crippen LogP contribution in [-0.2, 0) is 4.79 Å². The van der Waals surface area contributed by atoms with Crippen molar-refractivity contribution in [3.63, 3.8) is 0 Å². The normalized spacial score (nSPS) is 18.3. The highest BCUT2D eigenvalue weighted by atomic mass is 35.5. The number of fused-ring (bicyclic) bond motifs is 1. The molecule has 3 aromatic rings.